The normalized spacial score (nSPS) is 18.0. The second-order valence-electron chi connectivity index (χ2n) is 14.2. The van der Waals surface area contributed by atoms with Crippen molar-refractivity contribution >= 4 is 23.3 Å². The van der Waals surface area contributed by atoms with Gasteiger partial charge in [-0.15, -0.1) is 5.10 Å². The molecule has 4 aliphatic rings. The fourth-order valence-corrected chi connectivity index (χ4v) is 7.80. The second-order valence-corrected chi connectivity index (χ2v) is 14.2. The van der Waals surface area contributed by atoms with E-state index in [0.717, 1.165) is 56.0 Å². The zero-order valence-corrected chi connectivity index (χ0v) is 27.3. The van der Waals surface area contributed by atoms with Gasteiger partial charge in [0.25, 0.3) is 0 Å². The van der Waals surface area contributed by atoms with Gasteiger partial charge in [-0.1, -0.05) is 64.1 Å². The molecule has 4 aromatic rings. The van der Waals surface area contributed by atoms with Gasteiger partial charge >= 0.3 is 0 Å². The molecular weight excluding hydrogens is 556 g/mol. The van der Waals surface area contributed by atoms with Crippen molar-refractivity contribution in [2.75, 3.05) is 42.1 Å². The number of benzene rings is 2. The van der Waals surface area contributed by atoms with Crippen molar-refractivity contribution in [3.8, 4) is 16.9 Å². The minimum Gasteiger partial charge on any atom is -0.370 e. The van der Waals surface area contributed by atoms with Crippen molar-refractivity contribution < 1.29 is 0 Å². The van der Waals surface area contributed by atoms with Crippen molar-refractivity contribution in [1.82, 2.24) is 24.6 Å². The molecule has 0 amide bonds. The smallest absolute Gasteiger partial charge is 0.248 e. The zero-order chi connectivity index (χ0) is 31.1. The van der Waals surface area contributed by atoms with Crippen molar-refractivity contribution in [2.45, 2.75) is 78.2 Å². The Morgan fingerprint density at radius 3 is 2.29 bits per heavy atom. The molecule has 0 spiro atoms. The lowest BCUT2D eigenvalue weighted by Crippen LogP contribution is -2.40. The highest BCUT2D eigenvalue weighted by atomic mass is 15.4. The number of aryl methyl sites for hydroxylation is 2. The molecule has 8 rings (SSSR count). The van der Waals surface area contributed by atoms with Crippen LogP contribution in [0.4, 0.5) is 23.3 Å². The highest BCUT2D eigenvalue weighted by Gasteiger charge is 2.35. The van der Waals surface area contributed by atoms with E-state index in [1.165, 1.54) is 53.9 Å². The van der Waals surface area contributed by atoms with Crippen LogP contribution >= 0.6 is 0 Å². The molecule has 0 saturated carbocycles. The van der Waals surface area contributed by atoms with Crippen LogP contribution in [0.3, 0.4) is 0 Å². The molecule has 1 aliphatic carbocycles. The van der Waals surface area contributed by atoms with Gasteiger partial charge in [-0.3, -0.25) is 4.90 Å². The monoisotopic (exact) mass is 604 g/mol. The van der Waals surface area contributed by atoms with Crippen molar-refractivity contribution in [3.63, 3.8) is 0 Å². The fraction of sp³-hybridized carbons (Fsp3) is 0.486. The molecule has 2 aromatic heterocycles. The Kier molecular flexibility index (Phi) is 8.25. The maximum absolute atomic E-state index is 6.51. The summed E-state index contributed by atoms with van der Waals surface area (Å²) in [6.45, 7) is 13.9. The largest absolute Gasteiger partial charge is 0.370 e. The van der Waals surface area contributed by atoms with Gasteiger partial charge in [0.1, 0.15) is 0 Å². The Morgan fingerprint density at radius 2 is 1.58 bits per heavy atom. The average Bonchev–Trinajstić information content (AvgIpc) is 3.27. The standard InChI is InChI=1S/C37H48N8/c1-24(2)22-44(23-25(3)4)31-14-11-26-10-13-30(20-29(26)12-15-31)39-37-41-36(38)45(42-37)33-21-32(27-8-6-5-7-9-27)35-34(40-33)28-16-18-43(35)19-17-28/h5-10,13,20-21,24-25,28,31H,11-12,14-19,22-23H2,1-4H3,(H3,38,39,41,42)/t31-/m0/s1. The summed E-state index contributed by atoms with van der Waals surface area (Å²) in [5.74, 6) is 3.37. The number of aromatic nitrogens is 4. The number of fused-ring (bicyclic) bond motifs is 3. The lowest BCUT2D eigenvalue weighted by atomic mass is 9.84. The first-order chi connectivity index (χ1) is 21.8. The third-order valence-corrected chi connectivity index (χ3v) is 9.81. The van der Waals surface area contributed by atoms with Gasteiger partial charge in [0, 0.05) is 49.4 Å². The van der Waals surface area contributed by atoms with E-state index in [-0.39, 0.29) is 0 Å². The molecule has 2 aromatic carbocycles. The molecule has 236 valence electrons. The van der Waals surface area contributed by atoms with Gasteiger partial charge in [-0.25, -0.2) is 4.98 Å². The summed E-state index contributed by atoms with van der Waals surface area (Å²) in [6.07, 6.45) is 6.92. The molecule has 3 aliphatic heterocycles. The number of hydrogen-bond acceptors (Lipinski definition) is 7. The minimum absolute atomic E-state index is 0.332. The van der Waals surface area contributed by atoms with Gasteiger partial charge in [0.2, 0.25) is 11.9 Å². The third kappa shape index (κ3) is 6.17. The van der Waals surface area contributed by atoms with E-state index in [2.05, 4.69) is 102 Å². The van der Waals surface area contributed by atoms with Gasteiger partial charge in [-0.05, 0) is 85.3 Å². The summed E-state index contributed by atoms with van der Waals surface area (Å²) in [5, 5.41) is 8.29. The molecule has 1 fully saturated rings. The van der Waals surface area contributed by atoms with E-state index in [9.17, 15) is 0 Å². The predicted molar refractivity (Wildman–Crippen MR) is 185 cm³/mol. The molecule has 5 heterocycles. The highest BCUT2D eigenvalue weighted by molar-refractivity contribution is 5.83. The second kappa shape index (κ2) is 12.5. The summed E-state index contributed by atoms with van der Waals surface area (Å²) in [4.78, 5) is 15.0. The molecule has 0 radical (unpaired) electrons. The fourth-order valence-electron chi connectivity index (χ4n) is 7.80. The summed E-state index contributed by atoms with van der Waals surface area (Å²) >= 11 is 0. The number of piperidine rings is 1. The van der Waals surface area contributed by atoms with E-state index < -0.39 is 0 Å². The van der Waals surface area contributed by atoms with Crippen LogP contribution in [0.25, 0.3) is 16.9 Å². The Labute approximate surface area is 268 Å². The van der Waals surface area contributed by atoms with Crippen LogP contribution in [0.2, 0.25) is 0 Å². The summed E-state index contributed by atoms with van der Waals surface area (Å²) in [5.41, 5.74) is 15.2. The van der Waals surface area contributed by atoms with Crippen LogP contribution < -0.4 is 16.0 Å². The molecule has 2 bridgehead atoms. The predicted octanol–water partition coefficient (Wildman–Crippen LogP) is 7.21. The summed E-state index contributed by atoms with van der Waals surface area (Å²) in [7, 11) is 0. The SMILES string of the molecule is CC(C)CN(CC(C)C)[C@H]1CCc2ccc(Nc3nc(N)n(-c4cc(-c5ccccc5)c5c(n4)C4CCN5CC4)n3)cc2CC1. The van der Waals surface area contributed by atoms with Gasteiger partial charge in [-0.2, -0.15) is 9.67 Å². The first-order valence-corrected chi connectivity index (χ1v) is 17.0. The molecule has 0 unspecified atom stereocenters. The van der Waals surface area contributed by atoms with Gasteiger partial charge in [0.05, 0.1) is 11.4 Å². The number of nitrogens with one attached hydrogen (secondary N) is 1. The van der Waals surface area contributed by atoms with E-state index in [0.29, 0.717) is 35.7 Å². The maximum Gasteiger partial charge on any atom is 0.248 e. The summed E-state index contributed by atoms with van der Waals surface area (Å²) < 4.78 is 1.69. The lowest BCUT2D eigenvalue weighted by molar-refractivity contribution is 0.143. The van der Waals surface area contributed by atoms with Crippen LogP contribution in [-0.4, -0.2) is 56.9 Å². The average molecular weight is 605 g/mol. The Morgan fingerprint density at radius 1 is 0.867 bits per heavy atom. The first kappa shape index (κ1) is 29.8. The number of pyridine rings is 1. The van der Waals surface area contributed by atoms with Gasteiger partial charge in [0.15, 0.2) is 5.82 Å². The summed E-state index contributed by atoms with van der Waals surface area (Å²) in [6, 6.07) is 20.1. The quantitative estimate of drug-likeness (QED) is 0.195. The number of rotatable bonds is 9. The Balaban J connectivity index is 1.13. The molecule has 3 N–H and O–H groups in total. The third-order valence-electron chi connectivity index (χ3n) is 9.81. The van der Waals surface area contributed by atoms with Crippen LogP contribution in [0.5, 0.6) is 0 Å². The van der Waals surface area contributed by atoms with E-state index in [1.54, 1.807) is 4.68 Å². The minimum atomic E-state index is 0.332. The molecule has 8 nitrogen and oxygen atoms in total. The number of anilines is 4. The van der Waals surface area contributed by atoms with E-state index in [1.807, 2.05) is 0 Å². The number of nitrogen functional groups attached to an aromatic ring is 1. The van der Waals surface area contributed by atoms with E-state index >= 15 is 0 Å². The maximum atomic E-state index is 6.51. The lowest BCUT2D eigenvalue weighted by Gasteiger charge is -2.42. The molecular formula is C37H48N8. The van der Waals surface area contributed by atoms with Crippen molar-refractivity contribution in [3.05, 3.63) is 71.4 Å². The van der Waals surface area contributed by atoms with Crippen LogP contribution in [-0.2, 0) is 12.8 Å². The van der Waals surface area contributed by atoms with E-state index in [4.69, 9.17) is 15.8 Å². The van der Waals surface area contributed by atoms with Crippen molar-refractivity contribution in [1.29, 1.82) is 0 Å². The van der Waals surface area contributed by atoms with Gasteiger partial charge < -0.3 is 16.0 Å². The topological polar surface area (TPSA) is 88.1 Å². The Bertz CT molecular complexity index is 1620. The van der Waals surface area contributed by atoms with Crippen LogP contribution in [0.15, 0.2) is 54.6 Å². The molecule has 45 heavy (non-hydrogen) atoms. The van der Waals surface area contributed by atoms with Crippen LogP contribution in [0, 0.1) is 11.8 Å². The molecule has 1 saturated heterocycles. The first-order valence-electron chi connectivity index (χ1n) is 17.0. The van der Waals surface area contributed by atoms with Crippen molar-refractivity contribution in [2.24, 2.45) is 11.8 Å². The number of nitrogens with zero attached hydrogens (tertiary/aromatic N) is 6. The van der Waals surface area contributed by atoms with Crippen LogP contribution in [0.1, 0.15) is 76.1 Å². The number of hydrogen-bond donors (Lipinski definition) is 2. The number of nitrogens with two attached hydrogens (primary N) is 1. The zero-order valence-electron chi connectivity index (χ0n) is 27.3. The highest BCUT2D eigenvalue weighted by Crippen LogP contribution is 2.46. The molecule has 8 heteroatoms. The molecule has 1 atom stereocenters. The Hall–Kier alpha value is -3.91.